The fraction of sp³-hybridized carbons (Fsp3) is 0.231. The molecule has 2 aromatic rings. The Bertz CT molecular complexity index is 612. The topological polar surface area (TPSA) is 103 Å². The molecule has 106 valence electrons. The molecule has 20 heavy (non-hydrogen) atoms. The van der Waals surface area contributed by atoms with E-state index in [0.717, 1.165) is 22.7 Å². The highest BCUT2D eigenvalue weighted by Gasteiger charge is 2.16. The number of nitrogen functional groups attached to an aromatic ring is 1. The van der Waals surface area contributed by atoms with Crippen LogP contribution in [0.15, 0.2) is 24.3 Å². The first-order valence-electron chi connectivity index (χ1n) is 5.98. The molecule has 0 fully saturated rings. The van der Waals surface area contributed by atoms with Crippen LogP contribution < -0.4 is 16.8 Å². The number of carbonyl (C=O) groups excluding carboxylic acids is 1. The molecule has 0 aliphatic rings. The number of anilines is 2. The van der Waals surface area contributed by atoms with Crippen LogP contribution in [-0.2, 0) is 17.9 Å². The van der Waals surface area contributed by atoms with Gasteiger partial charge in [-0.25, -0.2) is 0 Å². The van der Waals surface area contributed by atoms with Crippen LogP contribution in [0.1, 0.15) is 21.5 Å². The molecule has 0 bridgehead atoms. The highest BCUT2D eigenvalue weighted by atomic mass is 32.1. The summed E-state index contributed by atoms with van der Waals surface area (Å²) in [5, 5.41) is 3.74. The van der Waals surface area contributed by atoms with Gasteiger partial charge in [-0.05, 0) is 22.7 Å². The Morgan fingerprint density at radius 1 is 1.40 bits per heavy atom. The van der Waals surface area contributed by atoms with E-state index in [1.165, 1.54) is 0 Å². The van der Waals surface area contributed by atoms with Gasteiger partial charge in [0.1, 0.15) is 10.6 Å². The minimum Gasteiger partial charge on any atom is -0.382 e. The first-order valence-corrected chi connectivity index (χ1v) is 6.75. The second-order valence-electron chi connectivity index (χ2n) is 4.19. The summed E-state index contributed by atoms with van der Waals surface area (Å²) in [7, 11) is 1.65. The maximum absolute atomic E-state index is 11.3. The van der Waals surface area contributed by atoms with Crippen molar-refractivity contribution in [3.8, 4) is 0 Å². The summed E-state index contributed by atoms with van der Waals surface area (Å²) in [6, 6.07) is 7.90. The fourth-order valence-electron chi connectivity index (χ4n) is 1.86. The smallest absolute Gasteiger partial charge is 0.255 e. The molecule has 1 aromatic heterocycles. The average Bonchev–Trinajstić information content (AvgIpc) is 2.79. The molecular weight excluding hydrogens is 276 g/mol. The summed E-state index contributed by atoms with van der Waals surface area (Å²) in [6.07, 6.45) is 0. The minimum absolute atomic E-state index is 0.162. The SMILES string of the molecule is COCc1ccccc1CNc1snc(N)c1C(N)=O. The predicted molar refractivity (Wildman–Crippen MR) is 79.5 cm³/mol. The third kappa shape index (κ3) is 3.06. The Morgan fingerprint density at radius 2 is 2.10 bits per heavy atom. The Kier molecular flexibility index (Phi) is 4.54. The summed E-state index contributed by atoms with van der Waals surface area (Å²) < 4.78 is 9.10. The zero-order valence-electron chi connectivity index (χ0n) is 11.1. The van der Waals surface area contributed by atoms with Gasteiger partial charge in [0.2, 0.25) is 0 Å². The maximum atomic E-state index is 11.3. The number of hydrogen-bond donors (Lipinski definition) is 3. The zero-order chi connectivity index (χ0) is 14.5. The van der Waals surface area contributed by atoms with Crippen molar-refractivity contribution in [1.82, 2.24) is 4.37 Å². The largest absolute Gasteiger partial charge is 0.382 e. The zero-order valence-corrected chi connectivity index (χ0v) is 11.9. The third-order valence-electron chi connectivity index (χ3n) is 2.82. The van der Waals surface area contributed by atoms with Crippen LogP contribution in [0, 0.1) is 0 Å². The summed E-state index contributed by atoms with van der Waals surface area (Å²) >= 11 is 1.12. The number of nitrogens with zero attached hydrogens (tertiary/aromatic N) is 1. The number of nitrogens with two attached hydrogens (primary N) is 2. The molecule has 5 N–H and O–H groups in total. The molecule has 2 rings (SSSR count). The van der Waals surface area contributed by atoms with Gasteiger partial charge in [0, 0.05) is 13.7 Å². The van der Waals surface area contributed by atoms with Crippen LogP contribution in [0.3, 0.4) is 0 Å². The van der Waals surface area contributed by atoms with Crippen LogP contribution in [0.2, 0.25) is 0 Å². The Hall–Kier alpha value is -2.12. The predicted octanol–water partition coefficient (Wildman–Crippen LogP) is 1.58. The molecule has 0 spiro atoms. The molecule has 0 aliphatic carbocycles. The van der Waals surface area contributed by atoms with Gasteiger partial charge in [-0.3, -0.25) is 4.79 Å². The number of amides is 1. The Morgan fingerprint density at radius 3 is 2.75 bits per heavy atom. The van der Waals surface area contributed by atoms with Crippen molar-refractivity contribution in [1.29, 1.82) is 0 Å². The van der Waals surface area contributed by atoms with E-state index in [2.05, 4.69) is 9.69 Å². The van der Waals surface area contributed by atoms with Crippen molar-refractivity contribution in [2.75, 3.05) is 18.2 Å². The van der Waals surface area contributed by atoms with E-state index in [-0.39, 0.29) is 11.4 Å². The molecular formula is C13H16N4O2S. The van der Waals surface area contributed by atoms with E-state index in [1.54, 1.807) is 7.11 Å². The number of aromatic nitrogens is 1. The molecule has 7 heteroatoms. The molecule has 6 nitrogen and oxygen atoms in total. The molecule has 0 atom stereocenters. The van der Waals surface area contributed by atoms with E-state index >= 15 is 0 Å². The first kappa shape index (κ1) is 14.3. The maximum Gasteiger partial charge on any atom is 0.255 e. The van der Waals surface area contributed by atoms with Gasteiger partial charge in [0.05, 0.1) is 6.61 Å². The van der Waals surface area contributed by atoms with Crippen LogP contribution in [0.25, 0.3) is 0 Å². The minimum atomic E-state index is -0.580. The molecule has 1 heterocycles. The van der Waals surface area contributed by atoms with E-state index in [1.807, 2.05) is 24.3 Å². The van der Waals surface area contributed by atoms with E-state index in [4.69, 9.17) is 16.2 Å². The van der Waals surface area contributed by atoms with Crippen LogP contribution >= 0.6 is 11.5 Å². The van der Waals surface area contributed by atoms with Gasteiger partial charge in [0.25, 0.3) is 5.91 Å². The first-order chi connectivity index (χ1) is 9.63. The lowest BCUT2D eigenvalue weighted by Gasteiger charge is -2.10. The highest BCUT2D eigenvalue weighted by Crippen LogP contribution is 2.27. The van der Waals surface area contributed by atoms with Gasteiger partial charge in [-0.15, -0.1) is 0 Å². The number of benzene rings is 1. The number of rotatable bonds is 6. The number of ether oxygens (including phenoxy) is 1. The number of nitrogens with one attached hydrogen (secondary N) is 1. The van der Waals surface area contributed by atoms with Crippen molar-refractivity contribution >= 4 is 28.3 Å². The van der Waals surface area contributed by atoms with Gasteiger partial charge in [-0.1, -0.05) is 24.3 Å². The van der Waals surface area contributed by atoms with Crippen LogP contribution in [0.5, 0.6) is 0 Å². The standard InChI is InChI=1S/C13H16N4O2S/c1-19-7-9-5-3-2-4-8(9)6-16-13-10(12(15)18)11(14)17-20-13/h2-5,16H,6-7H2,1H3,(H2,14,17)(H2,15,18). The second kappa shape index (κ2) is 6.36. The van der Waals surface area contributed by atoms with Gasteiger partial charge in [0.15, 0.2) is 5.82 Å². The van der Waals surface area contributed by atoms with Gasteiger partial charge in [-0.2, -0.15) is 4.37 Å². The van der Waals surface area contributed by atoms with E-state index < -0.39 is 5.91 Å². The van der Waals surface area contributed by atoms with E-state index in [0.29, 0.717) is 18.2 Å². The summed E-state index contributed by atoms with van der Waals surface area (Å²) in [4.78, 5) is 11.3. The quantitative estimate of drug-likeness (QED) is 0.750. The third-order valence-corrected chi connectivity index (χ3v) is 3.64. The molecule has 0 radical (unpaired) electrons. The fourth-order valence-corrected chi connectivity index (χ4v) is 2.58. The number of hydrogen-bond acceptors (Lipinski definition) is 6. The molecule has 0 aliphatic heterocycles. The average molecular weight is 292 g/mol. The summed E-state index contributed by atoms with van der Waals surface area (Å²) in [6.45, 7) is 1.08. The molecule has 1 aromatic carbocycles. The number of carbonyl (C=O) groups is 1. The monoisotopic (exact) mass is 292 g/mol. The molecule has 0 saturated carbocycles. The second-order valence-corrected chi connectivity index (χ2v) is 4.96. The molecule has 0 saturated heterocycles. The van der Waals surface area contributed by atoms with Crippen molar-refractivity contribution < 1.29 is 9.53 Å². The lowest BCUT2D eigenvalue weighted by molar-refractivity contribution is 0.100. The molecule has 1 amide bonds. The highest BCUT2D eigenvalue weighted by molar-refractivity contribution is 7.11. The van der Waals surface area contributed by atoms with Crippen LogP contribution in [-0.4, -0.2) is 17.4 Å². The van der Waals surface area contributed by atoms with Gasteiger partial charge < -0.3 is 21.5 Å². The van der Waals surface area contributed by atoms with Crippen LogP contribution in [0.4, 0.5) is 10.8 Å². The Balaban J connectivity index is 2.15. The van der Waals surface area contributed by atoms with Crippen molar-refractivity contribution in [3.05, 3.63) is 41.0 Å². The molecule has 0 unspecified atom stereocenters. The normalized spacial score (nSPS) is 10.4. The summed E-state index contributed by atoms with van der Waals surface area (Å²) in [5.41, 5.74) is 13.3. The number of primary amides is 1. The lowest BCUT2D eigenvalue weighted by atomic mass is 10.1. The van der Waals surface area contributed by atoms with Gasteiger partial charge >= 0.3 is 0 Å². The van der Waals surface area contributed by atoms with Crippen molar-refractivity contribution in [2.45, 2.75) is 13.2 Å². The lowest BCUT2D eigenvalue weighted by Crippen LogP contribution is -2.15. The van der Waals surface area contributed by atoms with Crippen molar-refractivity contribution in [2.24, 2.45) is 5.73 Å². The Labute approximate surface area is 120 Å². The van der Waals surface area contributed by atoms with E-state index in [9.17, 15) is 4.79 Å². The van der Waals surface area contributed by atoms with Crippen molar-refractivity contribution in [3.63, 3.8) is 0 Å². The number of methoxy groups -OCH3 is 1. The summed E-state index contributed by atoms with van der Waals surface area (Å²) in [5.74, 6) is -0.417.